The first-order valence-electron chi connectivity index (χ1n) is 8.47. The Bertz CT molecular complexity index is 933. The molecule has 0 saturated carbocycles. The summed E-state index contributed by atoms with van der Waals surface area (Å²) < 4.78 is 11.1. The van der Waals surface area contributed by atoms with Crippen molar-refractivity contribution >= 4 is 16.8 Å². The third-order valence-corrected chi connectivity index (χ3v) is 4.40. The minimum atomic E-state index is -0.975. The summed E-state index contributed by atoms with van der Waals surface area (Å²) in [4.78, 5) is 20.2. The van der Waals surface area contributed by atoms with Crippen LogP contribution in [0.5, 0.6) is 5.75 Å². The first-order chi connectivity index (χ1) is 12.7. The third kappa shape index (κ3) is 3.17. The Kier molecular flexibility index (Phi) is 4.38. The van der Waals surface area contributed by atoms with Gasteiger partial charge in [-0.2, -0.15) is 5.26 Å². The Morgan fingerprint density at radius 3 is 2.77 bits per heavy atom. The molecule has 0 radical (unpaired) electrons. The van der Waals surface area contributed by atoms with E-state index in [9.17, 15) is 10.1 Å². The number of imidazole rings is 1. The first-order valence-corrected chi connectivity index (χ1v) is 8.47. The summed E-state index contributed by atoms with van der Waals surface area (Å²) in [6.45, 7) is 1.30. The Morgan fingerprint density at radius 2 is 2.08 bits per heavy atom. The minimum absolute atomic E-state index is 0.0546. The summed E-state index contributed by atoms with van der Waals surface area (Å²) in [5.41, 5.74) is 1.99. The van der Waals surface area contributed by atoms with E-state index in [1.54, 1.807) is 24.3 Å². The maximum absolute atomic E-state index is 12.8. The van der Waals surface area contributed by atoms with Crippen molar-refractivity contribution in [2.24, 2.45) is 0 Å². The average molecular weight is 347 g/mol. The number of carbonyl (C=O) groups is 1. The average Bonchev–Trinajstić information content (AvgIpc) is 3.32. The van der Waals surface area contributed by atoms with Crippen LogP contribution in [0, 0.1) is 11.3 Å². The maximum atomic E-state index is 12.8. The van der Waals surface area contributed by atoms with Crippen molar-refractivity contribution in [3.63, 3.8) is 0 Å². The normalized spacial score (nSPS) is 17.7. The summed E-state index contributed by atoms with van der Waals surface area (Å²) in [5, 5.41) is 9.51. The highest BCUT2D eigenvalue weighted by atomic mass is 16.5. The first kappa shape index (κ1) is 16.3. The molecule has 1 aliphatic heterocycles. The van der Waals surface area contributed by atoms with E-state index in [0.717, 1.165) is 17.5 Å². The van der Waals surface area contributed by atoms with Crippen LogP contribution in [0.2, 0.25) is 0 Å². The lowest BCUT2D eigenvalue weighted by Crippen LogP contribution is -2.16. The number of nitrogens with one attached hydrogen (secondary N) is 1. The van der Waals surface area contributed by atoms with Gasteiger partial charge in [0.25, 0.3) is 0 Å². The molecule has 4 rings (SSSR count). The number of nitrogens with zero attached hydrogens (tertiary/aromatic N) is 2. The molecule has 0 spiro atoms. The minimum Gasteiger partial charge on any atom is -0.488 e. The van der Waals surface area contributed by atoms with Crippen molar-refractivity contribution in [2.45, 2.75) is 18.4 Å². The van der Waals surface area contributed by atoms with Gasteiger partial charge in [-0.1, -0.05) is 12.1 Å². The lowest BCUT2D eigenvalue weighted by molar-refractivity contribution is 0.0976. The number of hydrogen-bond acceptors (Lipinski definition) is 5. The van der Waals surface area contributed by atoms with Crippen LogP contribution in [0.1, 0.15) is 28.5 Å². The van der Waals surface area contributed by atoms with Crippen LogP contribution in [-0.2, 0) is 4.74 Å². The molecular formula is C20H17N3O3. The molecule has 6 heteroatoms. The lowest BCUT2D eigenvalue weighted by atomic mass is 9.98. The molecule has 0 unspecified atom stereocenters. The topological polar surface area (TPSA) is 88.0 Å². The van der Waals surface area contributed by atoms with Gasteiger partial charge in [0.15, 0.2) is 11.7 Å². The number of aromatic amines is 1. The predicted octanol–water partition coefficient (Wildman–Crippen LogP) is 3.22. The van der Waals surface area contributed by atoms with Gasteiger partial charge in [-0.15, -0.1) is 0 Å². The van der Waals surface area contributed by atoms with Crippen molar-refractivity contribution in [3.8, 4) is 11.8 Å². The second-order valence-electron chi connectivity index (χ2n) is 6.19. The van der Waals surface area contributed by atoms with E-state index in [4.69, 9.17) is 9.47 Å². The van der Waals surface area contributed by atoms with Gasteiger partial charge < -0.3 is 14.5 Å². The molecule has 130 valence electrons. The van der Waals surface area contributed by atoms with Gasteiger partial charge in [0, 0.05) is 12.0 Å². The number of benzene rings is 2. The number of nitriles is 1. The van der Waals surface area contributed by atoms with Gasteiger partial charge in [0.1, 0.15) is 17.7 Å². The van der Waals surface area contributed by atoms with Crippen molar-refractivity contribution in [1.82, 2.24) is 9.97 Å². The van der Waals surface area contributed by atoms with E-state index < -0.39 is 5.92 Å². The fraction of sp³-hybridized carbons (Fsp3) is 0.250. The fourth-order valence-electron chi connectivity index (χ4n) is 3.02. The molecular weight excluding hydrogens is 330 g/mol. The number of Topliss-reactive ketones (excluding diaryl/α,β-unsaturated/α-hetero) is 1. The van der Waals surface area contributed by atoms with Crippen molar-refractivity contribution in [3.05, 3.63) is 59.9 Å². The number of ketones is 1. The Labute approximate surface area is 150 Å². The number of rotatable bonds is 5. The monoisotopic (exact) mass is 347 g/mol. The molecule has 0 amide bonds. The van der Waals surface area contributed by atoms with E-state index in [2.05, 4.69) is 16.0 Å². The molecule has 6 nitrogen and oxygen atoms in total. The number of carbonyl (C=O) groups excluding carboxylic acids is 1. The zero-order valence-corrected chi connectivity index (χ0v) is 14.0. The van der Waals surface area contributed by atoms with Gasteiger partial charge in [-0.25, -0.2) is 4.98 Å². The molecule has 0 bridgehead atoms. The molecule has 26 heavy (non-hydrogen) atoms. The molecule has 1 aliphatic rings. The summed E-state index contributed by atoms with van der Waals surface area (Å²) in [7, 11) is 0. The van der Waals surface area contributed by atoms with Gasteiger partial charge in [0.05, 0.1) is 30.3 Å². The van der Waals surface area contributed by atoms with Gasteiger partial charge in [-0.05, 0) is 36.4 Å². The summed E-state index contributed by atoms with van der Waals surface area (Å²) in [6.07, 6.45) is 0.919. The predicted molar refractivity (Wildman–Crippen MR) is 95.1 cm³/mol. The van der Waals surface area contributed by atoms with Crippen molar-refractivity contribution < 1.29 is 14.3 Å². The SMILES string of the molecule is N#C[C@@H](C(=O)c1ccc(O[C@H]2CCOC2)cc1)c1nc2ccccc2[nH]1. The molecule has 1 saturated heterocycles. The van der Waals surface area contributed by atoms with E-state index in [-0.39, 0.29) is 11.9 Å². The number of aromatic nitrogens is 2. The number of hydrogen-bond donors (Lipinski definition) is 1. The molecule has 1 aromatic heterocycles. The zero-order valence-electron chi connectivity index (χ0n) is 14.0. The van der Waals surface area contributed by atoms with Crippen LogP contribution in [0.25, 0.3) is 11.0 Å². The number of H-pyrrole nitrogens is 1. The zero-order chi connectivity index (χ0) is 17.9. The Morgan fingerprint density at radius 1 is 1.27 bits per heavy atom. The van der Waals surface area contributed by atoms with E-state index in [1.807, 2.05) is 24.3 Å². The van der Waals surface area contributed by atoms with Gasteiger partial charge in [-0.3, -0.25) is 4.79 Å². The van der Waals surface area contributed by atoms with Gasteiger partial charge >= 0.3 is 0 Å². The third-order valence-electron chi connectivity index (χ3n) is 4.40. The molecule has 3 aromatic rings. The maximum Gasteiger partial charge on any atom is 0.187 e. The highest BCUT2D eigenvalue weighted by Gasteiger charge is 2.25. The van der Waals surface area contributed by atoms with Crippen molar-refractivity contribution in [2.75, 3.05) is 13.2 Å². The number of ether oxygens (including phenoxy) is 2. The second-order valence-corrected chi connectivity index (χ2v) is 6.19. The molecule has 2 atom stereocenters. The lowest BCUT2D eigenvalue weighted by Gasteiger charge is -2.12. The highest BCUT2D eigenvalue weighted by molar-refractivity contribution is 6.02. The van der Waals surface area contributed by atoms with E-state index >= 15 is 0 Å². The summed E-state index contributed by atoms with van der Waals surface area (Å²) in [5.74, 6) is -0.212. The largest absolute Gasteiger partial charge is 0.488 e. The number of para-hydroxylation sites is 2. The smallest absolute Gasteiger partial charge is 0.187 e. The summed E-state index contributed by atoms with van der Waals surface area (Å²) in [6, 6.07) is 16.4. The molecule has 2 heterocycles. The summed E-state index contributed by atoms with van der Waals surface area (Å²) >= 11 is 0. The van der Waals surface area contributed by atoms with Crippen LogP contribution in [-0.4, -0.2) is 35.1 Å². The second kappa shape index (κ2) is 6.98. The Balaban J connectivity index is 1.54. The van der Waals surface area contributed by atoms with Crippen molar-refractivity contribution in [1.29, 1.82) is 5.26 Å². The van der Waals surface area contributed by atoms with E-state index in [1.165, 1.54) is 0 Å². The van der Waals surface area contributed by atoms with Crippen LogP contribution in [0.3, 0.4) is 0 Å². The van der Waals surface area contributed by atoms with E-state index in [0.29, 0.717) is 30.4 Å². The van der Waals surface area contributed by atoms with Crippen LogP contribution in [0.15, 0.2) is 48.5 Å². The highest BCUT2D eigenvalue weighted by Crippen LogP contribution is 2.23. The van der Waals surface area contributed by atoms with Crippen LogP contribution < -0.4 is 4.74 Å². The van der Waals surface area contributed by atoms with Crippen LogP contribution >= 0.6 is 0 Å². The quantitative estimate of drug-likeness (QED) is 0.716. The molecule has 0 aliphatic carbocycles. The standard InChI is InChI=1S/C20H17N3O3/c21-11-16(20-22-17-3-1-2-4-18(17)23-20)19(24)13-5-7-14(8-6-13)26-15-9-10-25-12-15/h1-8,15-16H,9-10,12H2,(H,22,23)/t15-,16-/m0/s1. The molecule has 2 aromatic carbocycles. The number of fused-ring (bicyclic) bond motifs is 1. The van der Waals surface area contributed by atoms with Crippen LogP contribution in [0.4, 0.5) is 0 Å². The Hall–Kier alpha value is -3.17. The fourth-order valence-corrected chi connectivity index (χ4v) is 3.02. The van der Waals surface area contributed by atoms with Gasteiger partial charge in [0.2, 0.25) is 0 Å². The molecule has 1 N–H and O–H groups in total. The molecule has 1 fully saturated rings.